The molecule has 0 bridgehead atoms. The quantitative estimate of drug-likeness (QED) is 0.291. The number of ether oxygens (including phenoxy) is 5. The van der Waals surface area contributed by atoms with Crippen LogP contribution >= 0.6 is 22.9 Å². The number of rotatable bonds is 11. The number of nitrogens with zero attached hydrogens (tertiary/aromatic N) is 2. The number of carbonyl (C=O) groups is 2. The Morgan fingerprint density at radius 2 is 1.81 bits per heavy atom. The van der Waals surface area contributed by atoms with Crippen molar-refractivity contribution in [3.8, 4) is 17.2 Å². The average molecular weight is 629 g/mol. The van der Waals surface area contributed by atoms with Gasteiger partial charge < -0.3 is 23.7 Å². The molecule has 3 aromatic rings. The maximum absolute atomic E-state index is 14.1. The standard InChI is InChI=1S/C31H33ClN2O8S/c1-7-39-24-14-19(9-11-23(24)41-16-26(35)38-6)28-27(30(37)40-8-2)18(5)33-31-34(28)29(36)25(43-31)15-20-13-21(32)10-12-22(20)42-17(3)4/h9-15,17,28H,7-8,16H2,1-6H3/b25-15+/t28-/m0/s1. The van der Waals surface area contributed by atoms with Gasteiger partial charge in [-0.3, -0.25) is 9.36 Å². The second-order valence-electron chi connectivity index (χ2n) is 9.66. The zero-order valence-corrected chi connectivity index (χ0v) is 26.3. The van der Waals surface area contributed by atoms with E-state index in [1.165, 1.54) is 23.0 Å². The van der Waals surface area contributed by atoms with Crippen LogP contribution < -0.4 is 29.1 Å². The van der Waals surface area contributed by atoms with Crippen molar-refractivity contribution < 1.29 is 33.3 Å². The van der Waals surface area contributed by atoms with Gasteiger partial charge in [0.15, 0.2) is 22.9 Å². The van der Waals surface area contributed by atoms with Crippen LogP contribution in [0.3, 0.4) is 0 Å². The van der Waals surface area contributed by atoms with Crippen LogP contribution in [0.5, 0.6) is 17.2 Å². The first kappa shape index (κ1) is 31.8. The second kappa shape index (κ2) is 13.9. The van der Waals surface area contributed by atoms with Gasteiger partial charge in [0.2, 0.25) is 0 Å². The molecule has 1 aromatic heterocycles. The van der Waals surface area contributed by atoms with Crippen LogP contribution in [0.15, 0.2) is 57.5 Å². The monoisotopic (exact) mass is 628 g/mol. The highest BCUT2D eigenvalue weighted by molar-refractivity contribution is 7.07. The van der Waals surface area contributed by atoms with E-state index >= 15 is 0 Å². The first-order valence-electron chi connectivity index (χ1n) is 13.7. The van der Waals surface area contributed by atoms with Crippen LogP contribution in [-0.2, 0) is 19.1 Å². The molecule has 10 nitrogen and oxygen atoms in total. The summed E-state index contributed by atoms with van der Waals surface area (Å²) in [5, 5.41) is 0.492. The zero-order chi connectivity index (χ0) is 31.3. The third kappa shape index (κ3) is 7.11. The van der Waals surface area contributed by atoms with Gasteiger partial charge in [-0.05, 0) is 76.6 Å². The molecule has 0 spiro atoms. The van der Waals surface area contributed by atoms with Gasteiger partial charge in [0.25, 0.3) is 5.56 Å². The van der Waals surface area contributed by atoms with Crippen molar-refractivity contribution >= 4 is 41.0 Å². The highest BCUT2D eigenvalue weighted by Gasteiger charge is 2.34. The van der Waals surface area contributed by atoms with Gasteiger partial charge >= 0.3 is 11.9 Å². The molecule has 1 atom stereocenters. The molecular formula is C31H33ClN2O8S. The van der Waals surface area contributed by atoms with Gasteiger partial charge in [-0.1, -0.05) is 29.0 Å². The summed E-state index contributed by atoms with van der Waals surface area (Å²) >= 11 is 7.47. The van der Waals surface area contributed by atoms with Crippen LogP contribution in [0.2, 0.25) is 5.02 Å². The first-order chi connectivity index (χ1) is 20.6. The highest BCUT2D eigenvalue weighted by Crippen LogP contribution is 2.36. The van der Waals surface area contributed by atoms with Crippen molar-refractivity contribution in [1.29, 1.82) is 0 Å². The molecule has 0 radical (unpaired) electrons. The molecule has 2 heterocycles. The molecule has 43 heavy (non-hydrogen) atoms. The molecule has 0 N–H and O–H groups in total. The van der Waals surface area contributed by atoms with Gasteiger partial charge in [0.1, 0.15) is 5.75 Å². The number of methoxy groups -OCH3 is 1. The summed E-state index contributed by atoms with van der Waals surface area (Å²) in [6, 6.07) is 9.35. The van der Waals surface area contributed by atoms with E-state index in [4.69, 9.17) is 30.5 Å². The maximum Gasteiger partial charge on any atom is 0.343 e. The Hall–Kier alpha value is -4.09. The van der Waals surface area contributed by atoms with Crippen molar-refractivity contribution in [1.82, 2.24) is 4.57 Å². The minimum atomic E-state index is -0.878. The second-order valence-corrected chi connectivity index (χ2v) is 11.1. The lowest BCUT2D eigenvalue weighted by Gasteiger charge is -2.25. The van der Waals surface area contributed by atoms with Crippen LogP contribution in [-0.4, -0.2) is 49.5 Å². The molecule has 4 rings (SSSR count). The molecule has 1 aliphatic heterocycles. The zero-order valence-electron chi connectivity index (χ0n) is 24.8. The van der Waals surface area contributed by atoms with Crippen molar-refractivity contribution in [2.75, 3.05) is 26.9 Å². The molecule has 0 saturated carbocycles. The van der Waals surface area contributed by atoms with E-state index in [0.717, 1.165) is 0 Å². The van der Waals surface area contributed by atoms with E-state index in [-0.39, 0.29) is 30.5 Å². The van der Waals surface area contributed by atoms with E-state index < -0.39 is 18.0 Å². The fourth-order valence-corrected chi connectivity index (χ4v) is 5.74. The van der Waals surface area contributed by atoms with Crippen LogP contribution in [0, 0.1) is 0 Å². The molecule has 228 valence electrons. The SMILES string of the molecule is CCOC(=O)C1=C(C)N=c2s/c(=C/c3cc(Cl)ccc3OC(C)C)c(=O)n2[C@H]1c1ccc(OCC(=O)OC)c(OCC)c1. The molecule has 0 fully saturated rings. The number of fused-ring (bicyclic) bond motifs is 1. The molecule has 12 heteroatoms. The van der Waals surface area contributed by atoms with Gasteiger partial charge in [-0.25, -0.2) is 14.6 Å². The first-order valence-corrected chi connectivity index (χ1v) is 14.9. The van der Waals surface area contributed by atoms with Gasteiger partial charge in [0, 0.05) is 10.6 Å². The lowest BCUT2D eigenvalue weighted by molar-refractivity contribution is -0.143. The molecule has 2 aromatic carbocycles. The number of allylic oxidation sites excluding steroid dienone is 1. The summed E-state index contributed by atoms with van der Waals surface area (Å²) in [6.45, 7) is 9.18. The smallest absolute Gasteiger partial charge is 0.343 e. The molecule has 1 aliphatic rings. The van der Waals surface area contributed by atoms with Crippen molar-refractivity contribution in [3.63, 3.8) is 0 Å². The summed E-state index contributed by atoms with van der Waals surface area (Å²) in [6.07, 6.45) is 1.62. The van der Waals surface area contributed by atoms with Crippen LogP contribution in [0.1, 0.15) is 51.8 Å². The van der Waals surface area contributed by atoms with Gasteiger partial charge in [0.05, 0.1) is 48.3 Å². The average Bonchev–Trinajstić information content (AvgIpc) is 3.26. The van der Waals surface area contributed by atoms with E-state index in [9.17, 15) is 14.4 Å². The molecule has 0 amide bonds. The van der Waals surface area contributed by atoms with E-state index in [0.29, 0.717) is 55.0 Å². The third-order valence-corrected chi connectivity index (χ3v) is 7.51. The Bertz CT molecular complexity index is 1740. The largest absolute Gasteiger partial charge is 0.490 e. The van der Waals surface area contributed by atoms with Gasteiger partial charge in [-0.2, -0.15) is 0 Å². The Morgan fingerprint density at radius 1 is 1.07 bits per heavy atom. The van der Waals surface area contributed by atoms with E-state index in [2.05, 4.69) is 9.73 Å². The predicted octanol–water partition coefficient (Wildman–Crippen LogP) is 4.19. The summed E-state index contributed by atoms with van der Waals surface area (Å²) < 4.78 is 29.3. The molecular weight excluding hydrogens is 596 g/mol. The highest BCUT2D eigenvalue weighted by atomic mass is 35.5. The Labute approximate surface area is 257 Å². The summed E-state index contributed by atoms with van der Waals surface area (Å²) in [5.41, 5.74) is 1.48. The summed E-state index contributed by atoms with van der Waals surface area (Å²) in [7, 11) is 1.27. The fraction of sp³-hybridized carbons (Fsp3) is 0.355. The normalized spacial score (nSPS) is 14.7. The number of benzene rings is 2. The number of hydrogen-bond acceptors (Lipinski definition) is 10. The summed E-state index contributed by atoms with van der Waals surface area (Å²) in [4.78, 5) is 44.1. The van der Waals surface area contributed by atoms with Crippen molar-refractivity contribution in [2.45, 2.75) is 46.8 Å². The van der Waals surface area contributed by atoms with Crippen molar-refractivity contribution in [2.24, 2.45) is 4.99 Å². The Morgan fingerprint density at radius 3 is 2.49 bits per heavy atom. The number of halogens is 1. The molecule has 0 unspecified atom stereocenters. The van der Waals surface area contributed by atoms with E-state index in [1.807, 2.05) is 13.8 Å². The lowest BCUT2D eigenvalue weighted by atomic mass is 9.95. The number of carbonyl (C=O) groups excluding carboxylic acids is 2. The predicted molar refractivity (Wildman–Crippen MR) is 163 cm³/mol. The van der Waals surface area contributed by atoms with Crippen LogP contribution in [0.25, 0.3) is 6.08 Å². The van der Waals surface area contributed by atoms with E-state index in [1.54, 1.807) is 63.2 Å². The maximum atomic E-state index is 14.1. The van der Waals surface area contributed by atoms with Gasteiger partial charge in [-0.15, -0.1) is 0 Å². The Balaban J connectivity index is 1.92. The minimum Gasteiger partial charge on any atom is -0.490 e. The van der Waals surface area contributed by atoms with Crippen LogP contribution in [0.4, 0.5) is 0 Å². The number of aromatic nitrogens is 1. The summed E-state index contributed by atoms with van der Waals surface area (Å²) in [5.74, 6) is 0.0748. The minimum absolute atomic E-state index is 0.0940. The van der Waals surface area contributed by atoms with Crippen molar-refractivity contribution in [3.05, 3.63) is 83.5 Å². The number of esters is 2. The fourth-order valence-electron chi connectivity index (χ4n) is 4.52. The topological polar surface area (TPSA) is 115 Å². The molecule has 0 aliphatic carbocycles. The molecule has 0 saturated heterocycles. The number of thiazole rings is 1. The Kier molecular flexibility index (Phi) is 10.3. The third-order valence-electron chi connectivity index (χ3n) is 6.29. The number of hydrogen-bond donors (Lipinski definition) is 0. The lowest BCUT2D eigenvalue weighted by Crippen LogP contribution is -2.40.